The molecule has 0 aromatic heterocycles. The van der Waals surface area contributed by atoms with Crippen LogP contribution in [0, 0.1) is 0 Å². The molecular weight excluding hydrogens is 168 g/mol. The fraction of sp³-hybridized carbons (Fsp3) is 0.667. The van der Waals surface area contributed by atoms with Gasteiger partial charge in [-0.1, -0.05) is 30.8 Å². The maximum Gasteiger partial charge on any atom is 0.155 e. The molecule has 2 atom stereocenters. The molecule has 0 amide bonds. The van der Waals surface area contributed by atoms with Gasteiger partial charge in [-0.25, -0.2) is 0 Å². The summed E-state index contributed by atoms with van der Waals surface area (Å²) in [6, 6.07) is 0.228. The monoisotopic (exact) mass is 184 g/mol. The lowest BCUT2D eigenvalue weighted by molar-refractivity contribution is 0.754. The summed E-state index contributed by atoms with van der Waals surface area (Å²) in [4.78, 5) is 4.29. The zero-order valence-electron chi connectivity index (χ0n) is 7.87. The van der Waals surface area contributed by atoms with E-state index in [1.165, 1.54) is 0 Å². The average Bonchev–Trinajstić information content (AvgIpc) is 2.11. The van der Waals surface area contributed by atoms with E-state index in [1.807, 2.05) is 6.92 Å². The Morgan fingerprint density at radius 2 is 2.42 bits per heavy atom. The molecule has 0 saturated heterocycles. The minimum Gasteiger partial charge on any atom is -0.378 e. The van der Waals surface area contributed by atoms with Crippen LogP contribution in [0.25, 0.3) is 0 Å². The SMILES string of the molecule is CC[C@@]1(C)C=CC(C)N=C(N)S1. The predicted molar refractivity (Wildman–Crippen MR) is 56.5 cm³/mol. The molecule has 68 valence electrons. The summed E-state index contributed by atoms with van der Waals surface area (Å²) in [5.41, 5.74) is 5.75. The van der Waals surface area contributed by atoms with E-state index in [0.717, 1.165) is 6.42 Å². The third kappa shape index (κ3) is 2.27. The number of hydrogen-bond donors (Lipinski definition) is 1. The van der Waals surface area contributed by atoms with Gasteiger partial charge in [0.2, 0.25) is 0 Å². The zero-order chi connectivity index (χ0) is 9.19. The van der Waals surface area contributed by atoms with Crippen molar-refractivity contribution in [3.05, 3.63) is 12.2 Å². The van der Waals surface area contributed by atoms with Crippen LogP contribution in [0.2, 0.25) is 0 Å². The Morgan fingerprint density at radius 3 is 3.00 bits per heavy atom. The van der Waals surface area contributed by atoms with Gasteiger partial charge in [-0.3, -0.25) is 4.99 Å². The summed E-state index contributed by atoms with van der Waals surface area (Å²) >= 11 is 1.65. The van der Waals surface area contributed by atoms with Crippen LogP contribution in [-0.2, 0) is 0 Å². The van der Waals surface area contributed by atoms with Crippen molar-refractivity contribution in [1.82, 2.24) is 0 Å². The van der Waals surface area contributed by atoms with Crippen molar-refractivity contribution in [1.29, 1.82) is 0 Å². The summed E-state index contributed by atoms with van der Waals surface area (Å²) in [6.45, 7) is 6.40. The van der Waals surface area contributed by atoms with Gasteiger partial charge in [-0.2, -0.15) is 0 Å². The smallest absolute Gasteiger partial charge is 0.155 e. The molecule has 0 aliphatic carbocycles. The summed E-state index contributed by atoms with van der Waals surface area (Å²) in [5.74, 6) is 0. The van der Waals surface area contributed by atoms with Gasteiger partial charge >= 0.3 is 0 Å². The van der Waals surface area contributed by atoms with E-state index in [2.05, 4.69) is 31.0 Å². The fourth-order valence-electron chi connectivity index (χ4n) is 1.08. The molecule has 0 radical (unpaired) electrons. The molecule has 1 aliphatic heterocycles. The Labute approximate surface area is 78.3 Å². The molecule has 0 spiro atoms. The van der Waals surface area contributed by atoms with Gasteiger partial charge in [-0.05, 0) is 20.3 Å². The van der Waals surface area contributed by atoms with Crippen LogP contribution in [0.4, 0.5) is 0 Å². The van der Waals surface area contributed by atoms with Crippen molar-refractivity contribution in [2.75, 3.05) is 0 Å². The van der Waals surface area contributed by atoms with Gasteiger partial charge in [0.1, 0.15) is 0 Å². The fourth-order valence-corrected chi connectivity index (χ4v) is 2.06. The first-order valence-corrected chi connectivity index (χ1v) is 5.09. The van der Waals surface area contributed by atoms with E-state index < -0.39 is 0 Å². The lowest BCUT2D eigenvalue weighted by Crippen LogP contribution is -2.20. The molecule has 0 fully saturated rings. The third-order valence-corrected chi connectivity index (χ3v) is 3.30. The first kappa shape index (κ1) is 9.65. The van der Waals surface area contributed by atoms with Crippen molar-refractivity contribution in [3.63, 3.8) is 0 Å². The molecule has 0 saturated carbocycles. The summed E-state index contributed by atoms with van der Waals surface area (Å²) in [7, 11) is 0. The summed E-state index contributed by atoms with van der Waals surface area (Å²) in [5, 5.41) is 0.705. The highest BCUT2D eigenvalue weighted by Crippen LogP contribution is 2.32. The first-order chi connectivity index (χ1) is 5.56. The van der Waals surface area contributed by atoms with Gasteiger partial charge in [0.25, 0.3) is 0 Å². The summed E-state index contributed by atoms with van der Waals surface area (Å²) < 4.78 is 0.137. The zero-order valence-corrected chi connectivity index (χ0v) is 8.69. The van der Waals surface area contributed by atoms with E-state index in [0.29, 0.717) is 5.17 Å². The third-order valence-electron chi connectivity index (χ3n) is 2.10. The highest BCUT2D eigenvalue weighted by atomic mass is 32.2. The second kappa shape index (κ2) is 3.52. The number of nitrogens with two attached hydrogens (primary N) is 1. The standard InChI is InChI=1S/C9H16N2S/c1-4-9(3)6-5-7(2)11-8(10)12-9/h5-7H,4H2,1-3H3,(H2,10,11)/t7?,9-/m0/s1. The average molecular weight is 184 g/mol. The topological polar surface area (TPSA) is 38.4 Å². The molecule has 3 heteroatoms. The van der Waals surface area contributed by atoms with E-state index in [9.17, 15) is 0 Å². The molecule has 1 aliphatic rings. The second-order valence-electron chi connectivity index (χ2n) is 3.34. The van der Waals surface area contributed by atoms with Gasteiger partial charge in [0.15, 0.2) is 5.17 Å². The van der Waals surface area contributed by atoms with Crippen LogP contribution in [0.15, 0.2) is 17.1 Å². The minimum atomic E-state index is 0.137. The molecular formula is C9H16N2S. The van der Waals surface area contributed by atoms with E-state index in [-0.39, 0.29) is 10.8 Å². The van der Waals surface area contributed by atoms with Crippen LogP contribution in [-0.4, -0.2) is 16.0 Å². The van der Waals surface area contributed by atoms with Crippen LogP contribution < -0.4 is 5.73 Å². The van der Waals surface area contributed by atoms with Crippen molar-refractivity contribution >= 4 is 16.9 Å². The van der Waals surface area contributed by atoms with Gasteiger partial charge in [0, 0.05) is 4.75 Å². The largest absolute Gasteiger partial charge is 0.378 e. The molecule has 12 heavy (non-hydrogen) atoms. The Morgan fingerprint density at radius 1 is 1.75 bits per heavy atom. The molecule has 0 aromatic rings. The number of thioether (sulfide) groups is 1. The van der Waals surface area contributed by atoms with Crippen LogP contribution >= 0.6 is 11.8 Å². The number of aliphatic imine (C=N–C) groups is 1. The maximum atomic E-state index is 5.75. The molecule has 1 rings (SSSR count). The van der Waals surface area contributed by atoms with E-state index >= 15 is 0 Å². The number of hydrogen-bond acceptors (Lipinski definition) is 3. The molecule has 2 N–H and O–H groups in total. The Kier molecular flexibility index (Phi) is 2.83. The predicted octanol–water partition coefficient (Wildman–Crippen LogP) is 2.16. The van der Waals surface area contributed by atoms with Crippen molar-refractivity contribution in [2.45, 2.75) is 38.0 Å². The highest BCUT2D eigenvalue weighted by Gasteiger charge is 2.23. The Bertz CT molecular complexity index is 223. The van der Waals surface area contributed by atoms with Crippen molar-refractivity contribution < 1.29 is 0 Å². The van der Waals surface area contributed by atoms with Gasteiger partial charge in [-0.15, -0.1) is 0 Å². The quantitative estimate of drug-likeness (QED) is 0.634. The van der Waals surface area contributed by atoms with Crippen LogP contribution in [0.3, 0.4) is 0 Å². The van der Waals surface area contributed by atoms with Crippen LogP contribution in [0.5, 0.6) is 0 Å². The minimum absolute atomic E-state index is 0.137. The number of nitrogens with zero attached hydrogens (tertiary/aromatic N) is 1. The first-order valence-electron chi connectivity index (χ1n) is 4.27. The molecule has 2 nitrogen and oxygen atoms in total. The lowest BCUT2D eigenvalue weighted by atomic mass is 10.1. The molecule has 1 unspecified atom stereocenters. The number of amidine groups is 1. The number of rotatable bonds is 1. The van der Waals surface area contributed by atoms with E-state index in [1.54, 1.807) is 11.8 Å². The molecule has 1 heterocycles. The summed E-state index contributed by atoms with van der Waals surface area (Å²) in [6.07, 6.45) is 5.42. The van der Waals surface area contributed by atoms with Gasteiger partial charge in [0.05, 0.1) is 6.04 Å². The lowest BCUT2D eigenvalue weighted by Gasteiger charge is -2.21. The van der Waals surface area contributed by atoms with Crippen LogP contribution in [0.1, 0.15) is 27.2 Å². The van der Waals surface area contributed by atoms with Crippen molar-refractivity contribution in [2.24, 2.45) is 10.7 Å². The van der Waals surface area contributed by atoms with Crippen molar-refractivity contribution in [3.8, 4) is 0 Å². The molecule has 0 bridgehead atoms. The second-order valence-corrected chi connectivity index (χ2v) is 4.89. The maximum absolute atomic E-state index is 5.75. The normalized spacial score (nSPS) is 35.9. The highest BCUT2D eigenvalue weighted by molar-refractivity contribution is 8.15. The Balaban J connectivity index is 2.85. The van der Waals surface area contributed by atoms with Gasteiger partial charge < -0.3 is 5.73 Å². The van der Waals surface area contributed by atoms with E-state index in [4.69, 9.17) is 5.73 Å². The molecule has 0 aromatic carbocycles. The Hall–Kier alpha value is -0.440.